The number of carbonyl (C=O) groups is 1. The number of nitrogens with zero attached hydrogens (tertiary/aromatic N) is 3. The standard InChI is InChI=1S/C24H23N5O6S/c1-14-7-9-16(10-8-14)29-23(26-27-24(29)22(25)33)17-12-20(19(31)13-18(17)30)36(34,35)28-21(32)11-15-5-3-2-4-6-15/h2-10,12-13,21,28,30-32H,11H2,1H3,(H2,25,33). The summed E-state index contributed by atoms with van der Waals surface area (Å²) >= 11 is 0. The van der Waals surface area contributed by atoms with Crippen molar-refractivity contribution < 1.29 is 28.5 Å². The predicted molar refractivity (Wildman–Crippen MR) is 130 cm³/mol. The van der Waals surface area contributed by atoms with Crippen LogP contribution >= 0.6 is 0 Å². The highest BCUT2D eigenvalue weighted by Crippen LogP contribution is 2.37. The van der Waals surface area contributed by atoms with Gasteiger partial charge < -0.3 is 21.1 Å². The Morgan fingerprint density at radius 1 is 1.03 bits per heavy atom. The van der Waals surface area contributed by atoms with Gasteiger partial charge in [-0.15, -0.1) is 10.2 Å². The van der Waals surface area contributed by atoms with E-state index in [1.165, 1.54) is 4.57 Å². The van der Waals surface area contributed by atoms with Gasteiger partial charge in [-0.1, -0.05) is 48.0 Å². The normalized spacial score (nSPS) is 12.4. The lowest BCUT2D eigenvalue weighted by atomic mass is 10.1. The van der Waals surface area contributed by atoms with Gasteiger partial charge in [-0.3, -0.25) is 9.36 Å². The molecule has 0 radical (unpaired) electrons. The van der Waals surface area contributed by atoms with E-state index in [2.05, 4.69) is 14.9 Å². The zero-order chi connectivity index (χ0) is 26.0. The first-order valence-corrected chi connectivity index (χ1v) is 12.2. The van der Waals surface area contributed by atoms with E-state index in [0.29, 0.717) is 11.3 Å². The number of hydrogen-bond donors (Lipinski definition) is 5. The number of rotatable bonds is 8. The third-order valence-corrected chi connectivity index (χ3v) is 6.83. The molecule has 0 saturated carbocycles. The molecule has 1 heterocycles. The van der Waals surface area contributed by atoms with Gasteiger partial charge >= 0.3 is 0 Å². The minimum Gasteiger partial charge on any atom is -0.507 e. The first kappa shape index (κ1) is 24.9. The number of aryl methyl sites for hydroxylation is 1. The Labute approximate surface area is 206 Å². The molecule has 12 heteroatoms. The molecule has 0 aliphatic carbocycles. The minimum atomic E-state index is -4.46. The average molecular weight is 510 g/mol. The van der Waals surface area contributed by atoms with E-state index in [1.54, 1.807) is 54.6 Å². The van der Waals surface area contributed by atoms with Gasteiger partial charge in [-0.2, -0.15) is 4.72 Å². The maximum atomic E-state index is 13.0. The van der Waals surface area contributed by atoms with E-state index in [4.69, 9.17) is 5.73 Å². The van der Waals surface area contributed by atoms with Crippen molar-refractivity contribution in [2.24, 2.45) is 5.73 Å². The van der Waals surface area contributed by atoms with E-state index >= 15 is 0 Å². The van der Waals surface area contributed by atoms with Crippen molar-refractivity contribution in [3.05, 3.63) is 83.7 Å². The van der Waals surface area contributed by atoms with Crippen LogP contribution in [0.5, 0.6) is 11.5 Å². The van der Waals surface area contributed by atoms with Crippen LogP contribution in [0.15, 0.2) is 71.6 Å². The fourth-order valence-corrected chi connectivity index (χ4v) is 4.81. The van der Waals surface area contributed by atoms with Gasteiger partial charge in [0, 0.05) is 18.2 Å². The van der Waals surface area contributed by atoms with Crippen molar-refractivity contribution in [3.8, 4) is 28.6 Å². The second-order valence-electron chi connectivity index (χ2n) is 8.05. The zero-order valence-electron chi connectivity index (χ0n) is 19.0. The fraction of sp³-hybridized carbons (Fsp3) is 0.125. The average Bonchev–Trinajstić information content (AvgIpc) is 3.25. The molecule has 0 saturated heterocycles. The van der Waals surface area contributed by atoms with Gasteiger partial charge in [0.25, 0.3) is 5.91 Å². The summed E-state index contributed by atoms with van der Waals surface area (Å²) in [5.41, 5.74) is 7.37. The molecule has 1 atom stereocenters. The first-order valence-electron chi connectivity index (χ1n) is 10.7. The van der Waals surface area contributed by atoms with Gasteiger partial charge in [0.05, 0.1) is 5.56 Å². The van der Waals surface area contributed by atoms with E-state index in [-0.39, 0.29) is 23.6 Å². The molecule has 1 unspecified atom stereocenters. The Bertz CT molecular complexity index is 1520. The number of phenolic OH excluding ortho intramolecular Hbond substituents is 2. The quantitative estimate of drug-likeness (QED) is 0.222. The van der Waals surface area contributed by atoms with Gasteiger partial charge in [0.1, 0.15) is 22.6 Å². The topological polar surface area (TPSA) is 181 Å². The Balaban J connectivity index is 1.77. The number of amides is 1. The molecule has 36 heavy (non-hydrogen) atoms. The van der Waals surface area contributed by atoms with E-state index in [0.717, 1.165) is 17.7 Å². The molecular weight excluding hydrogens is 486 g/mol. The van der Waals surface area contributed by atoms with Crippen LogP contribution in [0.3, 0.4) is 0 Å². The number of aliphatic hydroxyl groups excluding tert-OH is 1. The van der Waals surface area contributed by atoms with Crippen molar-refractivity contribution in [2.75, 3.05) is 0 Å². The summed E-state index contributed by atoms with van der Waals surface area (Å²) in [6.07, 6.45) is -1.51. The highest BCUT2D eigenvalue weighted by Gasteiger charge is 2.27. The number of carbonyl (C=O) groups excluding carboxylic acids is 1. The van der Waals surface area contributed by atoms with Gasteiger partial charge in [-0.25, -0.2) is 8.42 Å². The van der Waals surface area contributed by atoms with E-state index in [1.807, 2.05) is 6.92 Å². The van der Waals surface area contributed by atoms with Crippen LogP contribution in [0.25, 0.3) is 17.1 Å². The number of aromatic nitrogens is 3. The smallest absolute Gasteiger partial charge is 0.287 e. The van der Waals surface area contributed by atoms with Crippen LogP contribution in [-0.4, -0.2) is 50.6 Å². The molecule has 0 spiro atoms. The molecule has 0 aliphatic rings. The number of sulfonamides is 1. The minimum absolute atomic E-state index is 0.0184. The van der Waals surface area contributed by atoms with Crippen molar-refractivity contribution >= 4 is 15.9 Å². The third kappa shape index (κ3) is 5.05. The molecule has 0 bridgehead atoms. The number of benzene rings is 3. The number of nitrogens with two attached hydrogens (primary N) is 1. The van der Waals surface area contributed by atoms with Crippen LogP contribution in [0.4, 0.5) is 0 Å². The molecule has 4 rings (SSSR count). The summed E-state index contributed by atoms with van der Waals surface area (Å²) in [6.45, 7) is 1.87. The largest absolute Gasteiger partial charge is 0.507 e. The second kappa shape index (κ2) is 9.77. The lowest BCUT2D eigenvalue weighted by molar-refractivity contribution is 0.0988. The van der Waals surface area contributed by atoms with Gasteiger partial charge in [-0.05, 0) is 30.7 Å². The van der Waals surface area contributed by atoms with Crippen LogP contribution in [0, 0.1) is 6.92 Å². The maximum Gasteiger partial charge on any atom is 0.287 e. The molecule has 0 fully saturated rings. The SMILES string of the molecule is Cc1ccc(-n2c(C(N)=O)nnc2-c2cc(S(=O)(=O)NC(O)Cc3ccccc3)c(O)cc2O)cc1. The highest BCUT2D eigenvalue weighted by atomic mass is 32.2. The van der Waals surface area contributed by atoms with Crippen LogP contribution in [-0.2, 0) is 16.4 Å². The highest BCUT2D eigenvalue weighted by molar-refractivity contribution is 7.89. The first-order chi connectivity index (χ1) is 17.1. The third-order valence-electron chi connectivity index (χ3n) is 5.35. The maximum absolute atomic E-state index is 13.0. The predicted octanol–water partition coefficient (Wildman–Crippen LogP) is 1.59. The molecule has 186 valence electrons. The molecule has 3 aromatic carbocycles. The lowest BCUT2D eigenvalue weighted by Crippen LogP contribution is -2.36. The summed E-state index contributed by atoms with van der Waals surface area (Å²) in [4.78, 5) is 11.4. The van der Waals surface area contributed by atoms with E-state index < -0.39 is 38.6 Å². The zero-order valence-corrected chi connectivity index (χ0v) is 19.8. The molecular formula is C24H23N5O6S. The Hall–Kier alpha value is -4.26. The lowest BCUT2D eigenvalue weighted by Gasteiger charge is -2.16. The Morgan fingerprint density at radius 2 is 1.69 bits per heavy atom. The van der Waals surface area contributed by atoms with E-state index in [9.17, 15) is 28.5 Å². The second-order valence-corrected chi connectivity index (χ2v) is 9.73. The van der Waals surface area contributed by atoms with Crippen molar-refractivity contribution in [1.29, 1.82) is 0 Å². The monoisotopic (exact) mass is 509 g/mol. The molecule has 0 aliphatic heterocycles. The fourth-order valence-electron chi connectivity index (χ4n) is 3.63. The summed E-state index contributed by atoms with van der Waals surface area (Å²) in [5.74, 6) is -2.51. The van der Waals surface area contributed by atoms with Crippen molar-refractivity contribution in [2.45, 2.75) is 24.5 Å². The van der Waals surface area contributed by atoms with Gasteiger partial charge in [0.2, 0.25) is 15.8 Å². The van der Waals surface area contributed by atoms with Crippen molar-refractivity contribution in [3.63, 3.8) is 0 Å². The Morgan fingerprint density at radius 3 is 2.33 bits per heavy atom. The summed E-state index contributed by atoms with van der Waals surface area (Å²) in [7, 11) is -4.46. The van der Waals surface area contributed by atoms with Crippen molar-refractivity contribution in [1.82, 2.24) is 19.5 Å². The number of aliphatic hydroxyl groups is 1. The summed E-state index contributed by atoms with van der Waals surface area (Å²) in [6, 6.07) is 17.4. The molecule has 4 aromatic rings. The number of phenols is 2. The Kier molecular flexibility index (Phi) is 6.75. The molecule has 1 aromatic heterocycles. The van der Waals surface area contributed by atoms with Crippen LogP contribution < -0.4 is 10.5 Å². The number of primary amides is 1. The summed E-state index contributed by atoms with van der Waals surface area (Å²) < 4.78 is 29.4. The number of aromatic hydroxyl groups is 2. The summed E-state index contributed by atoms with van der Waals surface area (Å²) in [5, 5.41) is 38.9. The number of nitrogens with one attached hydrogen (secondary N) is 1. The molecule has 1 amide bonds. The molecule has 6 N–H and O–H groups in total. The number of hydrogen-bond acceptors (Lipinski definition) is 8. The van der Waals surface area contributed by atoms with Gasteiger partial charge in [0.15, 0.2) is 5.82 Å². The molecule has 11 nitrogen and oxygen atoms in total. The van der Waals surface area contributed by atoms with Crippen LogP contribution in [0.1, 0.15) is 21.7 Å². The van der Waals surface area contributed by atoms with Crippen LogP contribution in [0.2, 0.25) is 0 Å².